The zero-order valence-electron chi connectivity index (χ0n) is 18.8. The maximum absolute atomic E-state index is 13.4. The van der Waals surface area contributed by atoms with Crippen molar-refractivity contribution < 1.29 is 9.59 Å². The molecule has 32 heavy (non-hydrogen) atoms. The fraction of sp³-hybridized carbons (Fsp3) is 0.360. The van der Waals surface area contributed by atoms with Crippen molar-refractivity contribution in [3.63, 3.8) is 0 Å². The highest BCUT2D eigenvalue weighted by Crippen LogP contribution is 2.36. The molecule has 0 saturated heterocycles. The van der Waals surface area contributed by atoms with Gasteiger partial charge in [-0.2, -0.15) is 0 Å². The van der Waals surface area contributed by atoms with Gasteiger partial charge in [-0.25, -0.2) is 9.89 Å². The number of rotatable bonds is 6. The molecule has 1 N–H and O–H groups in total. The molecule has 0 aromatic heterocycles. The summed E-state index contributed by atoms with van der Waals surface area (Å²) in [6, 6.07) is 15.0. The van der Waals surface area contributed by atoms with Crippen molar-refractivity contribution in [1.29, 1.82) is 0 Å². The molecule has 3 atom stereocenters. The first kappa shape index (κ1) is 22.3. The molecule has 7 heteroatoms. The Morgan fingerprint density at radius 2 is 1.84 bits per heavy atom. The molecule has 2 aliphatic rings. The Morgan fingerprint density at radius 3 is 2.56 bits per heavy atom. The lowest BCUT2D eigenvalue weighted by atomic mass is 10.00. The molecular weight excluding hydrogens is 420 g/mol. The average molecular weight is 449 g/mol. The number of thioether (sulfide) groups is 1. The fourth-order valence-corrected chi connectivity index (χ4v) is 4.84. The van der Waals surface area contributed by atoms with Crippen LogP contribution in [0.15, 0.2) is 58.5 Å². The summed E-state index contributed by atoms with van der Waals surface area (Å²) in [5.41, 5.74) is 3.43. The van der Waals surface area contributed by atoms with Crippen molar-refractivity contribution in [2.75, 3.05) is 5.32 Å². The number of aliphatic imine (C=N–C) groups is 2. The molecule has 3 unspecified atom stereocenters. The first-order valence-corrected chi connectivity index (χ1v) is 12.0. The fourth-order valence-electron chi connectivity index (χ4n) is 3.82. The van der Waals surface area contributed by atoms with Crippen LogP contribution in [-0.2, 0) is 9.59 Å². The summed E-state index contributed by atoms with van der Waals surface area (Å²) in [7, 11) is 0. The van der Waals surface area contributed by atoms with Crippen LogP contribution in [0.5, 0.6) is 0 Å². The largest absolute Gasteiger partial charge is 0.325 e. The number of aryl methyl sites for hydroxylation is 1. The van der Waals surface area contributed by atoms with Crippen LogP contribution in [-0.4, -0.2) is 39.0 Å². The van der Waals surface area contributed by atoms with Crippen LogP contribution in [0.3, 0.4) is 0 Å². The first-order chi connectivity index (χ1) is 15.4. The number of para-hydroxylation sites is 2. The van der Waals surface area contributed by atoms with Gasteiger partial charge in [-0.05, 0) is 43.0 Å². The number of carbonyl (C=O) groups excluding carboxylic acids is 2. The lowest BCUT2D eigenvalue weighted by Crippen LogP contribution is -2.43. The van der Waals surface area contributed by atoms with E-state index in [2.05, 4.69) is 12.2 Å². The number of hydrogen-bond acceptors (Lipinski definition) is 5. The van der Waals surface area contributed by atoms with Crippen LogP contribution in [0.2, 0.25) is 0 Å². The molecule has 166 valence electrons. The van der Waals surface area contributed by atoms with Crippen molar-refractivity contribution in [3.8, 4) is 0 Å². The van der Waals surface area contributed by atoms with Gasteiger partial charge in [0, 0.05) is 11.3 Å². The van der Waals surface area contributed by atoms with E-state index < -0.39 is 11.3 Å². The molecular formula is C25H28N4O2S. The molecule has 2 aromatic carbocycles. The van der Waals surface area contributed by atoms with Crippen LogP contribution < -0.4 is 5.32 Å². The second-order valence-corrected chi connectivity index (χ2v) is 9.36. The van der Waals surface area contributed by atoms with Crippen molar-refractivity contribution in [2.24, 2.45) is 15.9 Å². The quantitative estimate of drug-likeness (QED) is 0.664. The average Bonchev–Trinajstić information content (AvgIpc) is 3.16. The second-order valence-electron chi connectivity index (χ2n) is 8.19. The van der Waals surface area contributed by atoms with Crippen LogP contribution in [0.1, 0.15) is 44.7 Å². The number of benzene rings is 2. The van der Waals surface area contributed by atoms with Crippen molar-refractivity contribution in [3.05, 3.63) is 59.7 Å². The molecule has 4 rings (SSSR count). The smallest absolute Gasteiger partial charge is 0.259 e. The molecule has 0 fully saturated rings. The molecule has 2 aliphatic heterocycles. The summed E-state index contributed by atoms with van der Waals surface area (Å²) >= 11 is 1.33. The minimum Gasteiger partial charge on any atom is -0.325 e. The minimum absolute atomic E-state index is 0.0655. The SMILES string of the molecule is CCC(SC1=Nc2ccccc2C2=NC(C(C)CC)C(=O)N12)C(=O)Nc1ccccc1C. The Labute approximate surface area is 193 Å². The maximum atomic E-state index is 13.4. The number of nitrogens with one attached hydrogen (secondary N) is 1. The third kappa shape index (κ3) is 4.09. The second kappa shape index (κ2) is 9.28. The normalized spacial score (nSPS) is 18.9. The Bertz CT molecular complexity index is 1110. The number of hydrogen-bond donors (Lipinski definition) is 1. The third-order valence-corrected chi connectivity index (χ3v) is 7.31. The molecule has 0 bridgehead atoms. The monoisotopic (exact) mass is 448 g/mol. The van der Waals surface area contributed by atoms with Crippen molar-refractivity contribution >= 4 is 46.0 Å². The predicted octanol–water partition coefficient (Wildman–Crippen LogP) is 5.15. The van der Waals surface area contributed by atoms with Gasteiger partial charge in [0.15, 0.2) is 5.17 Å². The molecule has 0 radical (unpaired) electrons. The molecule has 2 aromatic rings. The Morgan fingerprint density at radius 1 is 1.12 bits per heavy atom. The number of fused-ring (bicyclic) bond motifs is 3. The van der Waals surface area contributed by atoms with Gasteiger partial charge in [-0.3, -0.25) is 14.6 Å². The lowest BCUT2D eigenvalue weighted by Gasteiger charge is -2.27. The van der Waals surface area contributed by atoms with E-state index in [9.17, 15) is 9.59 Å². The van der Waals surface area contributed by atoms with Crippen molar-refractivity contribution in [1.82, 2.24) is 4.90 Å². The van der Waals surface area contributed by atoms with Gasteiger partial charge >= 0.3 is 0 Å². The van der Waals surface area contributed by atoms with E-state index in [4.69, 9.17) is 9.98 Å². The maximum Gasteiger partial charge on any atom is 0.259 e. The summed E-state index contributed by atoms with van der Waals surface area (Å²) in [5.74, 6) is 0.606. The van der Waals surface area contributed by atoms with Gasteiger partial charge in [-0.15, -0.1) is 0 Å². The van der Waals surface area contributed by atoms with E-state index in [-0.39, 0.29) is 17.7 Å². The Balaban J connectivity index is 1.64. The summed E-state index contributed by atoms with van der Waals surface area (Å²) in [4.78, 5) is 37.6. The van der Waals surface area contributed by atoms with Gasteiger partial charge in [0.2, 0.25) is 5.91 Å². The van der Waals surface area contributed by atoms with Gasteiger partial charge in [-0.1, -0.05) is 69.3 Å². The number of carbonyl (C=O) groups is 2. The molecule has 0 spiro atoms. The van der Waals surface area contributed by atoms with Gasteiger partial charge in [0.1, 0.15) is 11.9 Å². The van der Waals surface area contributed by atoms with Crippen LogP contribution in [0.4, 0.5) is 11.4 Å². The highest BCUT2D eigenvalue weighted by Gasteiger charge is 2.43. The first-order valence-electron chi connectivity index (χ1n) is 11.1. The molecule has 2 heterocycles. The molecule has 0 saturated carbocycles. The summed E-state index contributed by atoms with van der Waals surface area (Å²) < 4.78 is 0. The highest BCUT2D eigenvalue weighted by atomic mass is 32.2. The van der Waals surface area contributed by atoms with Gasteiger partial charge in [0.05, 0.1) is 10.9 Å². The third-order valence-electron chi connectivity index (χ3n) is 6.00. The number of anilines is 1. The topological polar surface area (TPSA) is 74.1 Å². The van der Waals surface area contributed by atoms with Crippen molar-refractivity contribution in [2.45, 2.75) is 51.8 Å². The van der Waals surface area contributed by atoms with E-state index in [1.54, 1.807) is 4.90 Å². The van der Waals surface area contributed by atoms with E-state index >= 15 is 0 Å². The zero-order chi connectivity index (χ0) is 22.8. The molecule has 6 nitrogen and oxygen atoms in total. The van der Waals surface area contributed by atoms with E-state index in [1.807, 2.05) is 69.3 Å². The number of amides is 2. The zero-order valence-corrected chi connectivity index (χ0v) is 19.6. The van der Waals surface area contributed by atoms with E-state index in [0.717, 1.165) is 28.9 Å². The lowest BCUT2D eigenvalue weighted by molar-refractivity contribution is -0.125. The van der Waals surface area contributed by atoms with Crippen LogP contribution in [0.25, 0.3) is 0 Å². The molecule has 2 amide bonds. The predicted molar refractivity (Wildman–Crippen MR) is 132 cm³/mol. The van der Waals surface area contributed by atoms with Crippen LogP contribution >= 0.6 is 11.8 Å². The van der Waals surface area contributed by atoms with Gasteiger partial charge < -0.3 is 5.32 Å². The molecule has 0 aliphatic carbocycles. The number of amidine groups is 2. The van der Waals surface area contributed by atoms with E-state index in [0.29, 0.717) is 17.4 Å². The minimum atomic E-state index is -0.423. The summed E-state index contributed by atoms with van der Waals surface area (Å²) in [6.07, 6.45) is 1.46. The highest BCUT2D eigenvalue weighted by molar-refractivity contribution is 8.15. The standard InChI is InChI=1S/C25H28N4O2S/c1-5-15(3)21-24(31)29-22(28-21)17-12-8-10-14-19(17)27-25(29)32-20(6-2)23(30)26-18-13-9-7-11-16(18)4/h7-15,20-21H,5-6H2,1-4H3,(H,26,30). The summed E-state index contributed by atoms with van der Waals surface area (Å²) in [6.45, 7) is 8.04. The van der Waals surface area contributed by atoms with E-state index in [1.165, 1.54) is 11.8 Å². The number of nitrogens with zero attached hydrogens (tertiary/aromatic N) is 3. The van der Waals surface area contributed by atoms with Crippen LogP contribution in [0, 0.1) is 12.8 Å². The Kier molecular flexibility index (Phi) is 6.46. The van der Waals surface area contributed by atoms with Gasteiger partial charge in [0.25, 0.3) is 5.91 Å². The Hall–Kier alpha value is -2.93. The summed E-state index contributed by atoms with van der Waals surface area (Å²) in [5, 5.41) is 3.15.